The number of alkyl halides is 3. The number of nitrogens with two attached hydrogens (primary N) is 1. The first kappa shape index (κ1) is 29.8. The van der Waals surface area contributed by atoms with Crippen LogP contribution in [0.4, 0.5) is 19.0 Å². The lowest BCUT2D eigenvalue weighted by Gasteiger charge is -2.53. The van der Waals surface area contributed by atoms with E-state index in [-0.39, 0.29) is 58.5 Å². The lowest BCUT2D eigenvalue weighted by atomic mass is 9.73. The normalized spacial score (nSPS) is 18.2. The van der Waals surface area contributed by atoms with Gasteiger partial charge in [-0.25, -0.2) is 9.97 Å². The number of halogens is 3. The molecule has 2 aliphatic heterocycles. The number of aromatic nitrogens is 2. The van der Waals surface area contributed by atoms with E-state index in [1.165, 1.54) is 19.1 Å². The average molecular weight is 564 g/mol. The van der Waals surface area contributed by atoms with Gasteiger partial charge in [-0.1, -0.05) is 0 Å². The van der Waals surface area contributed by atoms with E-state index < -0.39 is 17.8 Å². The van der Waals surface area contributed by atoms with Crippen LogP contribution < -0.4 is 20.7 Å². The Bertz CT molecular complexity index is 1280. The van der Waals surface area contributed by atoms with Gasteiger partial charge >= 0.3 is 6.18 Å². The van der Waals surface area contributed by atoms with Gasteiger partial charge in [0.05, 0.1) is 16.8 Å². The number of ether oxygens (including phenoxy) is 2. The van der Waals surface area contributed by atoms with Gasteiger partial charge in [0.25, 0.3) is 0 Å². The summed E-state index contributed by atoms with van der Waals surface area (Å²) in [5, 5.41) is 12.8. The van der Waals surface area contributed by atoms with Gasteiger partial charge in [-0.15, -0.1) is 0 Å². The lowest BCUT2D eigenvalue weighted by molar-refractivity contribution is -0.137. The predicted octanol–water partition coefficient (Wildman–Crippen LogP) is 3.33. The molecule has 218 valence electrons. The third-order valence-corrected chi connectivity index (χ3v) is 7.43. The van der Waals surface area contributed by atoms with Crippen molar-refractivity contribution in [1.82, 2.24) is 15.3 Å². The molecule has 0 amide bonds. The summed E-state index contributed by atoms with van der Waals surface area (Å²) in [7, 11) is 1.66. The Labute approximate surface area is 231 Å². The van der Waals surface area contributed by atoms with Gasteiger partial charge in [0.15, 0.2) is 11.6 Å². The van der Waals surface area contributed by atoms with E-state index in [0.29, 0.717) is 37.7 Å². The van der Waals surface area contributed by atoms with Crippen molar-refractivity contribution in [3.63, 3.8) is 0 Å². The number of rotatable bonds is 9. The number of anilines is 1. The zero-order chi connectivity index (χ0) is 29.2. The zero-order valence-corrected chi connectivity index (χ0v) is 23.2. The summed E-state index contributed by atoms with van der Waals surface area (Å²) in [6.07, 6.45) is -3.78. The van der Waals surface area contributed by atoms with Crippen LogP contribution in [0.3, 0.4) is 0 Å². The molecule has 4 rings (SSSR count). The number of aliphatic hydroxyl groups excluding tert-OH is 1. The van der Waals surface area contributed by atoms with Crippen molar-refractivity contribution in [2.24, 2.45) is 11.1 Å². The van der Waals surface area contributed by atoms with E-state index in [4.69, 9.17) is 15.2 Å². The summed E-state index contributed by atoms with van der Waals surface area (Å²) in [5.74, 6) is 0.0285. The highest BCUT2D eigenvalue weighted by atomic mass is 19.4. The molecule has 0 saturated carbocycles. The molecule has 1 spiro atoms. The molecule has 0 aliphatic carbocycles. The number of carbonyl (C=O) groups is 1. The third-order valence-electron chi connectivity index (χ3n) is 7.43. The van der Waals surface area contributed by atoms with E-state index >= 15 is 0 Å². The molecule has 40 heavy (non-hydrogen) atoms. The second kappa shape index (κ2) is 11.7. The Kier molecular flexibility index (Phi) is 8.72. The van der Waals surface area contributed by atoms with Gasteiger partial charge < -0.3 is 30.5 Å². The van der Waals surface area contributed by atoms with Crippen molar-refractivity contribution >= 4 is 17.2 Å². The van der Waals surface area contributed by atoms with Crippen LogP contribution in [0.15, 0.2) is 23.9 Å². The van der Waals surface area contributed by atoms with Crippen LogP contribution >= 0.6 is 0 Å². The first-order chi connectivity index (χ1) is 18.8. The molecule has 1 atom stereocenters. The van der Waals surface area contributed by atoms with Crippen molar-refractivity contribution in [1.29, 1.82) is 0 Å². The fraction of sp³-hybridized carbons (Fsp3) is 0.536. The Morgan fingerprint density at radius 3 is 2.50 bits per heavy atom. The molecule has 2 saturated heterocycles. The monoisotopic (exact) mass is 563 g/mol. The largest absolute Gasteiger partial charge is 0.491 e. The maximum atomic E-state index is 14.2. The van der Waals surface area contributed by atoms with Crippen molar-refractivity contribution in [2.75, 3.05) is 51.4 Å². The molecule has 2 aliphatic rings. The fourth-order valence-corrected chi connectivity index (χ4v) is 5.37. The van der Waals surface area contributed by atoms with Crippen LogP contribution in [0.5, 0.6) is 5.75 Å². The minimum absolute atomic E-state index is 0.0675. The number of ketones is 1. The van der Waals surface area contributed by atoms with E-state index in [1.54, 1.807) is 20.9 Å². The van der Waals surface area contributed by atoms with Crippen LogP contribution in [-0.2, 0) is 15.7 Å². The highest BCUT2D eigenvalue weighted by Crippen LogP contribution is 2.44. The van der Waals surface area contributed by atoms with Crippen LogP contribution in [0.2, 0.25) is 0 Å². The standard InChI is InChI=1S/C28H36F3N5O4/c1-16-24(23(17(2)32)18(3)37)34-25(35-26(16)36-14-27(15-36)7-9-39-10-8-27)21-11-20(40-13-19(38)12-33-4)5-6-22(21)28(29,30)31/h5-6,11,19,33,38H,7-10,12-15,32H2,1-4H3/t19-/m1/s1. The van der Waals surface area contributed by atoms with Gasteiger partial charge in [0.2, 0.25) is 0 Å². The highest BCUT2D eigenvalue weighted by molar-refractivity contribution is 6.20. The summed E-state index contributed by atoms with van der Waals surface area (Å²) in [6.45, 7) is 7.47. The number of hydrogen-bond acceptors (Lipinski definition) is 9. The number of allylic oxidation sites excluding steroid dienone is 2. The fourth-order valence-electron chi connectivity index (χ4n) is 5.37. The predicted molar refractivity (Wildman–Crippen MR) is 145 cm³/mol. The minimum atomic E-state index is -4.71. The topological polar surface area (TPSA) is 123 Å². The number of aliphatic hydroxyl groups is 1. The van der Waals surface area contributed by atoms with Gasteiger partial charge in [0.1, 0.15) is 24.3 Å². The summed E-state index contributed by atoms with van der Waals surface area (Å²) < 4.78 is 53.7. The molecule has 3 heterocycles. The maximum absolute atomic E-state index is 14.2. The van der Waals surface area contributed by atoms with E-state index in [0.717, 1.165) is 18.9 Å². The molecule has 4 N–H and O–H groups in total. The SMILES string of the molecule is CNC[C@@H](O)COc1ccc(C(F)(F)F)c(-c2nc(C(C(C)=O)=C(C)N)c(C)c(N3CC4(CCOCC4)C3)n2)c1. The molecule has 2 aromatic rings. The molecule has 0 bridgehead atoms. The quantitative estimate of drug-likeness (QED) is 0.394. The number of Topliss-reactive ketones (excluding diaryl/α,β-unsaturated/α-hetero) is 1. The lowest BCUT2D eigenvalue weighted by Crippen LogP contribution is -2.59. The average Bonchev–Trinajstić information content (AvgIpc) is 2.87. The molecule has 12 heteroatoms. The molecule has 1 aromatic carbocycles. The van der Waals surface area contributed by atoms with Crippen LogP contribution in [-0.4, -0.2) is 73.5 Å². The zero-order valence-electron chi connectivity index (χ0n) is 23.2. The van der Waals surface area contributed by atoms with Crippen molar-refractivity contribution < 1.29 is 32.5 Å². The first-order valence-electron chi connectivity index (χ1n) is 13.2. The highest BCUT2D eigenvalue weighted by Gasteiger charge is 2.45. The summed E-state index contributed by atoms with van der Waals surface area (Å²) >= 11 is 0. The number of hydrogen-bond donors (Lipinski definition) is 3. The number of benzene rings is 1. The Balaban J connectivity index is 1.84. The molecule has 1 aromatic heterocycles. The molecule has 9 nitrogen and oxygen atoms in total. The Hall–Kier alpha value is -3.22. The van der Waals surface area contributed by atoms with Crippen molar-refractivity contribution in [3.05, 3.63) is 40.7 Å². The number of carbonyl (C=O) groups excluding carboxylic acids is 1. The molecular formula is C28H36F3N5O4. The number of nitrogens with one attached hydrogen (secondary N) is 1. The van der Waals surface area contributed by atoms with E-state index in [2.05, 4.69) is 15.3 Å². The maximum Gasteiger partial charge on any atom is 0.417 e. The van der Waals surface area contributed by atoms with Crippen LogP contribution in [0, 0.1) is 12.3 Å². The van der Waals surface area contributed by atoms with Gasteiger partial charge in [0, 0.05) is 55.1 Å². The minimum Gasteiger partial charge on any atom is -0.491 e. The Morgan fingerprint density at radius 1 is 1.25 bits per heavy atom. The van der Waals surface area contributed by atoms with Gasteiger partial charge in [-0.3, -0.25) is 4.79 Å². The summed E-state index contributed by atoms with van der Waals surface area (Å²) in [6, 6.07) is 3.33. The van der Waals surface area contributed by atoms with Crippen molar-refractivity contribution in [2.45, 2.75) is 45.9 Å². The number of likely N-dealkylation sites (N-methyl/N-ethyl adjacent to an activating group) is 1. The van der Waals surface area contributed by atoms with Gasteiger partial charge in [-0.05, 0) is 58.9 Å². The summed E-state index contributed by atoms with van der Waals surface area (Å²) in [4.78, 5) is 23.8. The molecule has 0 radical (unpaired) electrons. The van der Waals surface area contributed by atoms with E-state index in [9.17, 15) is 23.1 Å². The third kappa shape index (κ3) is 6.24. The molecular weight excluding hydrogens is 527 g/mol. The van der Waals surface area contributed by atoms with Gasteiger partial charge in [-0.2, -0.15) is 13.2 Å². The van der Waals surface area contributed by atoms with Crippen molar-refractivity contribution in [3.8, 4) is 17.1 Å². The molecule has 0 unspecified atom stereocenters. The Morgan fingerprint density at radius 2 is 1.93 bits per heavy atom. The van der Waals surface area contributed by atoms with Crippen LogP contribution in [0.25, 0.3) is 17.0 Å². The summed E-state index contributed by atoms with van der Waals surface area (Å²) in [5.41, 5.74) is 6.01. The number of nitrogens with zero attached hydrogens (tertiary/aromatic N) is 3. The second-order valence-corrected chi connectivity index (χ2v) is 10.7. The van der Waals surface area contributed by atoms with E-state index in [1.807, 2.05) is 4.90 Å². The first-order valence-corrected chi connectivity index (χ1v) is 13.2. The molecule has 2 fully saturated rings. The smallest absolute Gasteiger partial charge is 0.417 e. The van der Waals surface area contributed by atoms with Crippen LogP contribution in [0.1, 0.15) is 43.5 Å². The second-order valence-electron chi connectivity index (χ2n) is 10.7.